The van der Waals surface area contributed by atoms with Gasteiger partial charge < -0.3 is 9.84 Å². The molecule has 22 heavy (non-hydrogen) atoms. The molecular weight excluding hydrogens is 282 g/mol. The summed E-state index contributed by atoms with van der Waals surface area (Å²) < 4.78 is 5.31. The zero-order valence-electron chi connectivity index (χ0n) is 13.2. The lowest BCUT2D eigenvalue weighted by Gasteiger charge is -2.44. The molecule has 5 heteroatoms. The Morgan fingerprint density at radius 1 is 1.18 bits per heavy atom. The zero-order chi connectivity index (χ0) is 16.3. The van der Waals surface area contributed by atoms with Gasteiger partial charge in [0.05, 0.1) is 0 Å². The van der Waals surface area contributed by atoms with Crippen LogP contribution in [0.15, 0.2) is 30.3 Å². The fourth-order valence-corrected chi connectivity index (χ4v) is 2.77. The molecule has 0 saturated carbocycles. The van der Waals surface area contributed by atoms with E-state index in [0.717, 1.165) is 5.56 Å². The van der Waals surface area contributed by atoms with Crippen LogP contribution >= 0.6 is 0 Å². The topological polar surface area (TPSA) is 75.6 Å². The van der Waals surface area contributed by atoms with Crippen molar-refractivity contribution in [3.63, 3.8) is 0 Å². The minimum atomic E-state index is -0.915. The van der Waals surface area contributed by atoms with Gasteiger partial charge in [0.2, 0.25) is 0 Å². The summed E-state index contributed by atoms with van der Waals surface area (Å²) in [7, 11) is 0. The molecule has 0 aliphatic carbocycles. The summed E-state index contributed by atoms with van der Waals surface area (Å²) in [5.41, 5.74) is 0.871. The summed E-state index contributed by atoms with van der Waals surface area (Å²) in [5.74, 6) is -1.53. The van der Waals surface area contributed by atoms with Crippen LogP contribution in [0.1, 0.15) is 32.8 Å². The number of nitrogens with one attached hydrogen (secondary N) is 1. The van der Waals surface area contributed by atoms with E-state index in [0.29, 0.717) is 6.42 Å². The van der Waals surface area contributed by atoms with E-state index in [1.54, 1.807) is 0 Å². The number of hydrogen-bond donors (Lipinski definition) is 2. The van der Waals surface area contributed by atoms with E-state index in [1.807, 2.05) is 51.1 Å². The zero-order valence-corrected chi connectivity index (χ0v) is 13.2. The smallest absolute Gasteiger partial charge is 0.323 e. The number of aliphatic carboxylic acids is 1. The molecule has 0 aromatic heterocycles. The minimum absolute atomic E-state index is 0.0432. The number of carbonyl (C=O) groups is 2. The summed E-state index contributed by atoms with van der Waals surface area (Å²) in [4.78, 5) is 23.4. The number of carboxylic acids is 1. The van der Waals surface area contributed by atoms with E-state index < -0.39 is 18.1 Å². The number of benzene rings is 1. The van der Waals surface area contributed by atoms with Crippen molar-refractivity contribution in [2.24, 2.45) is 11.3 Å². The van der Waals surface area contributed by atoms with Crippen molar-refractivity contribution in [2.45, 2.75) is 45.9 Å². The molecule has 3 atom stereocenters. The van der Waals surface area contributed by atoms with Crippen LogP contribution < -0.4 is 5.32 Å². The lowest BCUT2D eigenvalue weighted by molar-refractivity contribution is -0.160. The maximum Gasteiger partial charge on any atom is 0.323 e. The predicted octanol–water partition coefficient (Wildman–Crippen LogP) is 2.21. The first-order valence-corrected chi connectivity index (χ1v) is 7.47. The van der Waals surface area contributed by atoms with E-state index >= 15 is 0 Å². The first-order chi connectivity index (χ1) is 10.3. The molecule has 2 rings (SSSR count). The van der Waals surface area contributed by atoms with Crippen molar-refractivity contribution >= 4 is 11.9 Å². The van der Waals surface area contributed by atoms with Gasteiger partial charge in [-0.05, 0) is 17.4 Å². The summed E-state index contributed by atoms with van der Waals surface area (Å²) in [5, 5.41) is 12.0. The summed E-state index contributed by atoms with van der Waals surface area (Å²) in [6, 6.07) is 8.22. The molecule has 5 nitrogen and oxygen atoms in total. The van der Waals surface area contributed by atoms with Crippen molar-refractivity contribution in [1.29, 1.82) is 0 Å². The van der Waals surface area contributed by atoms with Crippen LogP contribution in [-0.2, 0) is 20.9 Å². The average Bonchev–Trinajstić information content (AvgIpc) is 2.41. The third kappa shape index (κ3) is 4.07. The molecule has 1 aliphatic heterocycles. The average molecular weight is 305 g/mol. The van der Waals surface area contributed by atoms with Crippen LogP contribution in [0.5, 0.6) is 0 Å². The van der Waals surface area contributed by atoms with E-state index in [9.17, 15) is 14.7 Å². The minimum Gasteiger partial charge on any atom is -0.480 e. The maximum atomic E-state index is 12.2. The van der Waals surface area contributed by atoms with Crippen molar-refractivity contribution in [2.75, 3.05) is 0 Å². The fraction of sp³-hybridized carbons (Fsp3) is 0.529. The molecule has 1 aromatic rings. The van der Waals surface area contributed by atoms with Crippen LogP contribution in [-0.4, -0.2) is 29.1 Å². The Bertz CT molecular complexity index is 535. The molecule has 0 radical (unpaired) electrons. The molecule has 1 fully saturated rings. The third-order valence-corrected chi connectivity index (χ3v) is 3.81. The van der Waals surface area contributed by atoms with Gasteiger partial charge in [0.1, 0.15) is 18.7 Å². The van der Waals surface area contributed by atoms with E-state index in [-0.39, 0.29) is 23.9 Å². The fourth-order valence-electron chi connectivity index (χ4n) is 2.77. The van der Waals surface area contributed by atoms with Gasteiger partial charge in [0.25, 0.3) is 0 Å². The van der Waals surface area contributed by atoms with Crippen molar-refractivity contribution in [3.8, 4) is 0 Å². The summed E-state index contributed by atoms with van der Waals surface area (Å²) in [6.07, 6.45) is 0.655. The van der Waals surface area contributed by atoms with Crippen LogP contribution in [0.3, 0.4) is 0 Å². The monoisotopic (exact) mass is 305 g/mol. The number of carbonyl (C=O) groups excluding carboxylic acids is 1. The Hall–Kier alpha value is -1.88. The molecular formula is C17H23NO4. The lowest BCUT2D eigenvalue weighted by Crippen LogP contribution is -2.68. The van der Waals surface area contributed by atoms with Crippen molar-refractivity contribution in [3.05, 3.63) is 35.9 Å². The van der Waals surface area contributed by atoms with Crippen LogP contribution in [0, 0.1) is 11.3 Å². The van der Waals surface area contributed by atoms with Gasteiger partial charge >= 0.3 is 11.9 Å². The number of carboxylic acid groups (broad SMARTS) is 1. The first kappa shape index (κ1) is 16.5. The van der Waals surface area contributed by atoms with Gasteiger partial charge in [-0.15, -0.1) is 0 Å². The van der Waals surface area contributed by atoms with Gasteiger partial charge in [-0.3, -0.25) is 14.9 Å². The lowest BCUT2D eigenvalue weighted by atomic mass is 9.72. The molecule has 1 aliphatic rings. The van der Waals surface area contributed by atoms with Crippen LogP contribution in [0.2, 0.25) is 0 Å². The number of rotatable bonds is 5. The largest absolute Gasteiger partial charge is 0.480 e. The van der Waals surface area contributed by atoms with Crippen LogP contribution in [0.4, 0.5) is 0 Å². The van der Waals surface area contributed by atoms with Crippen molar-refractivity contribution < 1.29 is 19.4 Å². The Morgan fingerprint density at radius 3 is 2.36 bits per heavy atom. The number of ether oxygens (including phenoxy) is 1. The van der Waals surface area contributed by atoms with Crippen LogP contribution in [0.25, 0.3) is 0 Å². The molecule has 0 spiro atoms. The molecule has 0 bridgehead atoms. The van der Waals surface area contributed by atoms with E-state index in [4.69, 9.17) is 4.74 Å². The highest BCUT2D eigenvalue weighted by atomic mass is 16.5. The van der Waals surface area contributed by atoms with Gasteiger partial charge in [-0.1, -0.05) is 51.1 Å². The first-order valence-electron chi connectivity index (χ1n) is 7.47. The molecule has 2 N–H and O–H groups in total. The van der Waals surface area contributed by atoms with E-state index in [1.165, 1.54) is 0 Å². The molecule has 1 heterocycles. The summed E-state index contributed by atoms with van der Waals surface area (Å²) in [6.45, 7) is 6.32. The van der Waals surface area contributed by atoms with Gasteiger partial charge in [0.15, 0.2) is 0 Å². The summed E-state index contributed by atoms with van der Waals surface area (Å²) >= 11 is 0. The Labute approximate surface area is 130 Å². The highest BCUT2D eigenvalue weighted by Gasteiger charge is 2.50. The normalized spacial score (nSPS) is 24.4. The van der Waals surface area contributed by atoms with Gasteiger partial charge in [-0.2, -0.15) is 0 Å². The quantitative estimate of drug-likeness (QED) is 0.816. The predicted molar refractivity (Wildman–Crippen MR) is 82.1 cm³/mol. The van der Waals surface area contributed by atoms with Crippen molar-refractivity contribution in [1.82, 2.24) is 5.32 Å². The van der Waals surface area contributed by atoms with Gasteiger partial charge in [0, 0.05) is 5.92 Å². The van der Waals surface area contributed by atoms with Gasteiger partial charge in [-0.25, -0.2) is 0 Å². The number of esters is 1. The second-order valence-electron chi connectivity index (χ2n) is 6.98. The van der Waals surface area contributed by atoms with E-state index in [2.05, 4.69) is 5.32 Å². The standard InChI is InChI=1S/C17H23NO4/c1-17(2,3)9-12-13(15(19)20)18-14(12)16(21)22-10-11-7-5-4-6-8-11/h4-8,12-14,18H,9-10H2,1-3H3,(H,19,20). The SMILES string of the molecule is CC(C)(C)CC1C(C(=O)O)NC1C(=O)OCc1ccccc1. The third-order valence-electron chi connectivity index (χ3n) is 3.81. The second kappa shape index (κ2) is 6.48. The Morgan fingerprint density at radius 2 is 1.82 bits per heavy atom. The highest BCUT2D eigenvalue weighted by molar-refractivity contribution is 5.84. The molecule has 120 valence electrons. The Kier molecular flexibility index (Phi) is 4.86. The highest BCUT2D eigenvalue weighted by Crippen LogP contribution is 2.34. The molecule has 1 aromatic carbocycles. The maximum absolute atomic E-state index is 12.2. The molecule has 3 unspecified atom stereocenters. The Balaban J connectivity index is 1.95. The number of hydrogen-bond acceptors (Lipinski definition) is 4. The second-order valence-corrected chi connectivity index (χ2v) is 6.98. The molecule has 1 saturated heterocycles. The molecule has 0 amide bonds.